The first-order chi connectivity index (χ1) is 3.29. The molecule has 0 aliphatic carbocycles. The van der Waals surface area contributed by atoms with Crippen LogP contribution in [-0.4, -0.2) is 16.9 Å². The monoisotopic (exact) mass is 122 g/mol. The van der Waals surface area contributed by atoms with Gasteiger partial charge < -0.3 is 0 Å². The molecule has 0 aromatic rings. The van der Waals surface area contributed by atoms with Crippen LogP contribution in [0.3, 0.4) is 0 Å². The van der Waals surface area contributed by atoms with E-state index in [0.717, 1.165) is 0 Å². The second-order valence-corrected chi connectivity index (χ2v) is 2.23. The minimum atomic E-state index is -1.45. The first-order valence-electron chi connectivity index (χ1n) is 2.01. The Bertz CT molecular complexity index is 92.2. The highest BCUT2D eigenvalue weighted by Gasteiger charge is 2.17. The predicted molar refractivity (Wildman–Crippen MR) is 24.6 cm³/mol. The normalized spacial score (nSPS) is 41.9. The van der Waals surface area contributed by atoms with Gasteiger partial charge in [0.25, 0.3) is 0 Å². The summed E-state index contributed by atoms with van der Waals surface area (Å²) in [5.41, 5.74) is 0. The summed E-state index contributed by atoms with van der Waals surface area (Å²) < 4.78 is 19.2. The molecule has 0 N–H and O–H groups in total. The Hall–Kier alpha value is 0.0700. The van der Waals surface area contributed by atoms with Gasteiger partial charge in [-0.3, -0.25) is 8.37 Å². The van der Waals surface area contributed by atoms with Gasteiger partial charge in [-0.1, -0.05) is 0 Å². The molecular weight excluding hydrogens is 116 g/mol. The van der Waals surface area contributed by atoms with Crippen molar-refractivity contribution in [2.75, 3.05) is 6.61 Å². The molecule has 1 aliphatic rings. The summed E-state index contributed by atoms with van der Waals surface area (Å²) in [5, 5.41) is 0. The molecule has 0 bridgehead atoms. The maximum absolute atomic E-state index is 10.1. The van der Waals surface area contributed by atoms with Crippen molar-refractivity contribution < 1.29 is 12.6 Å². The molecule has 0 saturated carbocycles. The average Bonchev–Trinajstić information content (AvgIpc) is 1.87. The van der Waals surface area contributed by atoms with Crippen LogP contribution in [0.4, 0.5) is 0 Å². The van der Waals surface area contributed by atoms with E-state index in [0.29, 0.717) is 6.61 Å². The largest absolute Gasteiger partial charge is 0.305 e. The standard InChI is InChI=1S/C3H6O3S/c1-3-2-5-7(4)6-3/h3H,2H2,1H3/t3-,7+/m1/s1. The van der Waals surface area contributed by atoms with Gasteiger partial charge in [0.05, 0.1) is 12.7 Å². The highest BCUT2D eigenvalue weighted by atomic mass is 32.2. The van der Waals surface area contributed by atoms with Crippen molar-refractivity contribution in [3.8, 4) is 0 Å². The zero-order valence-electron chi connectivity index (χ0n) is 3.92. The predicted octanol–water partition coefficient (Wildman–Crippen LogP) is 0.000400. The third kappa shape index (κ3) is 1.22. The van der Waals surface area contributed by atoms with Gasteiger partial charge >= 0.3 is 11.4 Å². The molecule has 4 heteroatoms. The highest BCUT2D eigenvalue weighted by Crippen LogP contribution is 2.05. The van der Waals surface area contributed by atoms with Gasteiger partial charge in [0, 0.05) is 0 Å². The summed E-state index contributed by atoms with van der Waals surface area (Å²) in [7, 11) is 0. The van der Waals surface area contributed by atoms with Gasteiger partial charge in [-0.05, 0) is 6.92 Å². The number of hydrogen-bond acceptors (Lipinski definition) is 3. The van der Waals surface area contributed by atoms with Crippen LogP contribution in [0.5, 0.6) is 0 Å². The molecule has 0 spiro atoms. The lowest BCUT2D eigenvalue weighted by Crippen LogP contribution is -2.00. The van der Waals surface area contributed by atoms with E-state index in [1.165, 1.54) is 0 Å². The minimum absolute atomic E-state index is 0.000772. The lowest BCUT2D eigenvalue weighted by Gasteiger charge is -1.88. The Morgan fingerprint density at radius 1 is 1.86 bits per heavy atom. The topological polar surface area (TPSA) is 35.5 Å². The van der Waals surface area contributed by atoms with E-state index in [9.17, 15) is 4.21 Å². The first kappa shape index (κ1) is 5.21. The molecule has 1 heterocycles. The third-order valence-corrected chi connectivity index (χ3v) is 1.46. The van der Waals surface area contributed by atoms with Crippen LogP contribution in [0, 0.1) is 0 Å². The molecule has 1 aliphatic heterocycles. The maximum Gasteiger partial charge on any atom is 0.305 e. The molecule has 0 amide bonds. The fourth-order valence-corrected chi connectivity index (χ4v) is 1.02. The zero-order chi connectivity index (χ0) is 5.28. The van der Waals surface area contributed by atoms with E-state index in [1.807, 2.05) is 6.92 Å². The average molecular weight is 122 g/mol. The molecule has 7 heavy (non-hydrogen) atoms. The Morgan fingerprint density at radius 3 is 2.71 bits per heavy atom. The molecule has 42 valence electrons. The summed E-state index contributed by atoms with van der Waals surface area (Å²) in [5.74, 6) is 0. The molecule has 0 unspecified atom stereocenters. The minimum Gasteiger partial charge on any atom is -0.266 e. The second-order valence-electron chi connectivity index (χ2n) is 1.40. The van der Waals surface area contributed by atoms with E-state index in [-0.39, 0.29) is 6.10 Å². The molecule has 1 rings (SSSR count). The van der Waals surface area contributed by atoms with E-state index in [1.54, 1.807) is 0 Å². The first-order valence-corrected chi connectivity index (χ1v) is 3.01. The summed E-state index contributed by atoms with van der Waals surface area (Å²) in [6, 6.07) is 0. The summed E-state index contributed by atoms with van der Waals surface area (Å²) in [6.45, 7) is 2.26. The molecule has 0 radical (unpaired) electrons. The van der Waals surface area contributed by atoms with E-state index >= 15 is 0 Å². The molecule has 1 saturated heterocycles. The second kappa shape index (κ2) is 1.90. The van der Waals surface area contributed by atoms with Crippen molar-refractivity contribution >= 4 is 11.4 Å². The molecule has 0 aromatic carbocycles. The van der Waals surface area contributed by atoms with Crippen LogP contribution in [0.15, 0.2) is 0 Å². The van der Waals surface area contributed by atoms with Gasteiger partial charge in [0.1, 0.15) is 0 Å². The van der Waals surface area contributed by atoms with Crippen molar-refractivity contribution in [2.45, 2.75) is 13.0 Å². The fraction of sp³-hybridized carbons (Fsp3) is 1.00. The zero-order valence-corrected chi connectivity index (χ0v) is 4.73. The van der Waals surface area contributed by atoms with Gasteiger partial charge in [0.15, 0.2) is 0 Å². The van der Waals surface area contributed by atoms with Crippen LogP contribution in [0.2, 0.25) is 0 Å². The van der Waals surface area contributed by atoms with Crippen molar-refractivity contribution in [2.24, 2.45) is 0 Å². The van der Waals surface area contributed by atoms with Crippen LogP contribution in [-0.2, 0) is 19.7 Å². The number of hydrogen-bond donors (Lipinski definition) is 0. The Balaban J connectivity index is 2.40. The quantitative estimate of drug-likeness (QED) is 0.453. The number of rotatable bonds is 0. The molecule has 1 fully saturated rings. The van der Waals surface area contributed by atoms with Crippen LogP contribution >= 0.6 is 0 Å². The highest BCUT2D eigenvalue weighted by molar-refractivity contribution is 7.75. The smallest absolute Gasteiger partial charge is 0.266 e. The van der Waals surface area contributed by atoms with E-state index in [4.69, 9.17) is 0 Å². The van der Waals surface area contributed by atoms with Crippen molar-refractivity contribution in [3.63, 3.8) is 0 Å². The summed E-state index contributed by atoms with van der Waals surface area (Å²) in [4.78, 5) is 0. The van der Waals surface area contributed by atoms with Gasteiger partial charge in [0.2, 0.25) is 0 Å². The van der Waals surface area contributed by atoms with Crippen LogP contribution in [0.25, 0.3) is 0 Å². The van der Waals surface area contributed by atoms with Gasteiger partial charge in [-0.15, -0.1) is 0 Å². The van der Waals surface area contributed by atoms with Crippen LogP contribution < -0.4 is 0 Å². The summed E-state index contributed by atoms with van der Waals surface area (Å²) >= 11 is -1.45. The maximum atomic E-state index is 10.1. The van der Waals surface area contributed by atoms with Gasteiger partial charge in [-0.25, -0.2) is 0 Å². The molecule has 2 atom stereocenters. The summed E-state index contributed by atoms with van der Waals surface area (Å²) in [6.07, 6.45) is 0.000772. The van der Waals surface area contributed by atoms with Crippen molar-refractivity contribution in [3.05, 3.63) is 0 Å². The van der Waals surface area contributed by atoms with Crippen LogP contribution in [0.1, 0.15) is 6.92 Å². The molecule has 3 nitrogen and oxygen atoms in total. The van der Waals surface area contributed by atoms with Crippen molar-refractivity contribution in [1.29, 1.82) is 0 Å². The van der Waals surface area contributed by atoms with Crippen molar-refractivity contribution in [1.82, 2.24) is 0 Å². The Morgan fingerprint density at radius 2 is 2.57 bits per heavy atom. The lowest BCUT2D eigenvalue weighted by atomic mass is 10.5. The molecular formula is C3H6O3S. The molecule has 0 aromatic heterocycles. The SMILES string of the molecule is C[C@@H]1CO[S@](=O)O1. The Labute approximate surface area is 44.5 Å². The lowest BCUT2D eigenvalue weighted by molar-refractivity contribution is 0.262. The third-order valence-electron chi connectivity index (χ3n) is 0.642. The van der Waals surface area contributed by atoms with E-state index in [2.05, 4.69) is 8.37 Å². The fourth-order valence-electron chi connectivity index (χ4n) is 0.341. The van der Waals surface area contributed by atoms with E-state index < -0.39 is 11.4 Å². The van der Waals surface area contributed by atoms with Gasteiger partial charge in [-0.2, -0.15) is 4.21 Å². The Kier molecular flexibility index (Phi) is 1.41.